The summed E-state index contributed by atoms with van der Waals surface area (Å²) in [5, 5.41) is 2.75. The van der Waals surface area contributed by atoms with Gasteiger partial charge >= 0.3 is 170 Å². The molecule has 0 aromatic heterocycles. The van der Waals surface area contributed by atoms with Crippen LogP contribution in [0.1, 0.15) is 0 Å². The van der Waals surface area contributed by atoms with Crippen molar-refractivity contribution in [2.24, 2.45) is 0 Å². The largest absolute Gasteiger partial charge is 0.0622 e. The summed E-state index contributed by atoms with van der Waals surface area (Å²) in [7, 11) is 2.70. The molecule has 0 heterocycles. The Morgan fingerprint density at radius 2 is 0.340 bits per heavy atom. The molecule has 0 radical (unpaired) electrons. The average Bonchev–Trinajstić information content (AvgIpc) is 3.23. The van der Waals surface area contributed by atoms with E-state index in [-0.39, 0.29) is 63.2 Å². The average molecular weight is 1190 g/mol. The molecule has 0 spiro atoms. The first-order chi connectivity index (χ1) is 21.9. The van der Waals surface area contributed by atoms with Crippen LogP contribution in [-0.2, 0) is 133 Å². The molecule has 20 heteroatoms. The second-order valence-electron chi connectivity index (χ2n) is 2.87. The van der Waals surface area contributed by atoms with Crippen molar-refractivity contribution < 1.29 is 133 Å². The van der Waals surface area contributed by atoms with Crippen molar-refractivity contribution in [3.05, 3.63) is 160 Å². The molecule has 0 N–H and O–H groups in total. The van der Waals surface area contributed by atoms with Gasteiger partial charge in [-0.15, -0.1) is 0 Å². The minimum Gasteiger partial charge on any atom is -0.0622 e. The van der Waals surface area contributed by atoms with Crippen LogP contribution in [0.5, 0.6) is 0 Å². The summed E-state index contributed by atoms with van der Waals surface area (Å²) < 4.78 is 112. The summed E-state index contributed by atoms with van der Waals surface area (Å²) in [6.45, 7) is 67.5. The van der Waals surface area contributed by atoms with E-state index in [4.69, 9.17) is 69.8 Å². The van der Waals surface area contributed by atoms with Gasteiger partial charge in [0.05, 0.1) is 0 Å². The van der Waals surface area contributed by atoms with E-state index in [9.17, 15) is 0 Å². The molecule has 2 aromatic carbocycles. The Hall–Kier alpha value is -2.80. The van der Waals surface area contributed by atoms with Gasteiger partial charge < -0.3 is 0 Å². The van der Waals surface area contributed by atoms with E-state index in [1.165, 1.54) is 26.3 Å². The fourth-order valence-electron chi connectivity index (χ4n) is 1.10. The molecule has 2 aromatic rings. The zero-order valence-electron chi connectivity index (χ0n) is 22.5. The quantitative estimate of drug-likeness (QED) is 0.238. The summed E-state index contributed by atoms with van der Waals surface area (Å²) in [6.07, 6.45) is 0. The third kappa shape index (κ3) is 221. The fraction of sp³-hybridized carbons (Fsp3) is 0. The number of hydrogen-bond donors (Lipinski definition) is 0. The predicted octanol–water partition coefficient (Wildman–Crippen LogP) is 2.87. The van der Waals surface area contributed by atoms with Gasteiger partial charge in [-0.05, 0) is 15.7 Å². The number of rotatable bonds is 2. The van der Waals surface area contributed by atoms with Gasteiger partial charge in [-0.2, -0.15) is 0 Å². The SMILES string of the molecule is [C-]#[O+].[C-]#[O+].[C-]#[O+].[C-]#[O+].[C-]#[O+].[C-]#[O+].[C-]#[O+].[C-]#[O+].[C-]#[O+].[C-]#[O+].[C-]#[O+].[C-]#[O+].[C-]#[O+].[C-]#[O+].[C-]#[O+].[W].[W].[W].c1ccc(P=Pc2ccccc2)cc1. The predicted molar refractivity (Wildman–Crippen MR) is 125 cm³/mol. The first-order valence-corrected chi connectivity index (χ1v) is 10.0. The van der Waals surface area contributed by atoms with Gasteiger partial charge in [0.25, 0.3) is 0 Å². The molecule has 0 fully saturated rings. The van der Waals surface area contributed by atoms with Gasteiger partial charge in [0, 0.05) is 73.8 Å². The van der Waals surface area contributed by atoms with E-state index in [1.54, 1.807) is 0 Å². The molecular weight excluding hydrogens is 1180 g/mol. The Kier molecular flexibility index (Phi) is 790. The Morgan fingerprint density at radius 1 is 0.234 bits per heavy atom. The Labute approximate surface area is 317 Å². The van der Waals surface area contributed by atoms with Crippen LogP contribution in [0.3, 0.4) is 0 Å². The second kappa shape index (κ2) is 333. The summed E-state index contributed by atoms with van der Waals surface area (Å²) in [5.74, 6) is 0. The van der Waals surface area contributed by atoms with Crippen molar-refractivity contribution >= 4 is 26.3 Å². The maximum atomic E-state index is 7.50. The van der Waals surface area contributed by atoms with Crippen molar-refractivity contribution in [2.75, 3.05) is 0 Å². The van der Waals surface area contributed by atoms with Gasteiger partial charge in [0.1, 0.15) is 0 Å². The van der Waals surface area contributed by atoms with Crippen molar-refractivity contribution in [1.29, 1.82) is 0 Å². The minimum absolute atomic E-state index is 0. The topological polar surface area (TPSA) is 298 Å². The van der Waals surface area contributed by atoms with Gasteiger partial charge in [0.15, 0.2) is 0 Å². The number of benzene rings is 2. The van der Waals surface area contributed by atoms with Gasteiger partial charge in [-0.25, -0.2) is 0 Å². The van der Waals surface area contributed by atoms with Crippen LogP contribution in [0.4, 0.5) is 0 Å². The molecule has 47 heavy (non-hydrogen) atoms. The maximum Gasteiger partial charge on any atom is 0.00633 e. The molecule has 0 aliphatic rings. The minimum atomic E-state index is 0. The van der Waals surface area contributed by atoms with Crippen LogP contribution >= 0.6 is 15.7 Å². The first-order valence-electron chi connectivity index (χ1n) is 7.53. The summed E-state index contributed by atoms with van der Waals surface area (Å²) in [4.78, 5) is 0. The molecule has 0 atom stereocenters. The molecule has 0 saturated heterocycles. The van der Waals surface area contributed by atoms with Crippen LogP contribution in [0.2, 0.25) is 0 Å². The number of hydrogen-bond acceptors (Lipinski definition) is 0. The third-order valence-electron chi connectivity index (χ3n) is 1.79. The van der Waals surface area contributed by atoms with Crippen LogP contribution in [0.25, 0.3) is 0 Å². The van der Waals surface area contributed by atoms with Gasteiger partial charge in [-0.3, -0.25) is 0 Å². The molecule has 0 saturated carbocycles. The Morgan fingerprint density at radius 3 is 0.447 bits per heavy atom. The normalized spacial score (nSPS) is 3.79. The van der Waals surface area contributed by atoms with Crippen molar-refractivity contribution in [2.45, 2.75) is 0 Å². The monoisotopic (exact) mass is 1190 g/mol. The summed E-state index contributed by atoms with van der Waals surface area (Å²) in [5.41, 5.74) is 0. The van der Waals surface area contributed by atoms with Crippen LogP contribution in [-0.4, -0.2) is 0 Å². The van der Waals surface area contributed by atoms with E-state index < -0.39 is 0 Å². The molecular formula is C27H10O15P2W3. The molecule has 236 valence electrons. The standard InChI is InChI=1S/C12H10P2.15CO.3W/c1-3-7-11(8-4-1)13-14-12-9-5-2-6-10-12;15*1-2;;;/h1-10H;;;;;;;;;;;;;;;;;;. The van der Waals surface area contributed by atoms with E-state index >= 15 is 0 Å². The van der Waals surface area contributed by atoms with E-state index in [0.29, 0.717) is 0 Å². The van der Waals surface area contributed by atoms with Crippen LogP contribution < -0.4 is 10.6 Å². The molecule has 0 aliphatic heterocycles. The van der Waals surface area contributed by atoms with Crippen molar-refractivity contribution in [1.82, 2.24) is 0 Å². The van der Waals surface area contributed by atoms with E-state index in [0.717, 1.165) is 0 Å². The molecule has 15 nitrogen and oxygen atoms in total. The van der Waals surface area contributed by atoms with E-state index in [1.807, 2.05) is 0 Å². The Balaban J connectivity index is -0.0000000158. The van der Waals surface area contributed by atoms with Crippen LogP contribution in [0, 0.1) is 99.8 Å². The van der Waals surface area contributed by atoms with Gasteiger partial charge in [0.2, 0.25) is 0 Å². The molecule has 0 amide bonds. The smallest absolute Gasteiger partial charge is 0.00633 e. The second-order valence-corrected chi connectivity index (χ2v) is 5.50. The van der Waals surface area contributed by atoms with Crippen LogP contribution in [0.15, 0.2) is 60.7 Å². The molecule has 2 rings (SSSR count). The zero-order valence-corrected chi connectivity index (χ0v) is 33.1. The Bertz CT molecular complexity index is 846. The molecule has 0 unspecified atom stereocenters. The maximum absolute atomic E-state index is 7.50. The summed E-state index contributed by atoms with van der Waals surface area (Å²) >= 11 is 0. The molecule has 0 aliphatic carbocycles. The fourth-order valence-corrected chi connectivity index (χ4v) is 3.44. The van der Waals surface area contributed by atoms with Crippen molar-refractivity contribution in [3.8, 4) is 0 Å². The van der Waals surface area contributed by atoms with Gasteiger partial charge in [-0.1, -0.05) is 60.7 Å². The van der Waals surface area contributed by atoms with E-state index in [2.05, 4.69) is 160 Å². The zero-order chi connectivity index (χ0) is 39.6. The summed E-state index contributed by atoms with van der Waals surface area (Å²) in [6, 6.07) is 21.1. The first kappa shape index (κ1) is 111. The third-order valence-corrected chi connectivity index (χ3v) is 4.64. The van der Waals surface area contributed by atoms with Crippen molar-refractivity contribution in [3.63, 3.8) is 0 Å². The molecule has 0 bridgehead atoms.